The molecule has 0 atom stereocenters. The van der Waals surface area contributed by atoms with Crippen molar-refractivity contribution in [2.24, 2.45) is 0 Å². The average Bonchev–Trinajstić information content (AvgIpc) is 2.21. The van der Waals surface area contributed by atoms with Gasteiger partial charge in [0.2, 0.25) is 0 Å². The number of hydrogen-bond acceptors (Lipinski definition) is 1. The predicted octanol–water partition coefficient (Wildman–Crippen LogP) is 4.24. The van der Waals surface area contributed by atoms with Gasteiger partial charge in [-0.05, 0) is 0 Å². The zero-order valence-electron chi connectivity index (χ0n) is 11.0. The molecule has 0 saturated carbocycles. The van der Waals surface area contributed by atoms with Gasteiger partial charge in [-0.3, -0.25) is 0 Å². The van der Waals surface area contributed by atoms with Crippen molar-refractivity contribution in [2.75, 3.05) is 0 Å². The lowest BCUT2D eigenvalue weighted by Crippen LogP contribution is -2.22. The van der Waals surface area contributed by atoms with Crippen molar-refractivity contribution in [1.29, 1.82) is 0 Å². The van der Waals surface area contributed by atoms with Gasteiger partial charge in [0.05, 0.1) is 8.07 Å². The molecule has 2 nitrogen and oxygen atoms in total. The Hall–Kier alpha value is -0.573. The zero-order chi connectivity index (χ0) is 12.4. The molecule has 0 aromatic heterocycles. The molecule has 0 aliphatic carbocycles. The number of carbonyl (C=O) groups is 1. The molecule has 0 amide bonds. The largest absolute Gasteiger partial charge is 0.478 e. The van der Waals surface area contributed by atoms with E-state index in [-0.39, 0.29) is 0 Å². The van der Waals surface area contributed by atoms with E-state index in [0.29, 0.717) is 0 Å². The van der Waals surface area contributed by atoms with Crippen LogP contribution in [0.25, 0.3) is 0 Å². The van der Waals surface area contributed by atoms with Crippen LogP contribution in [0.3, 0.4) is 0 Å². The molecule has 0 aliphatic rings. The van der Waals surface area contributed by atoms with E-state index in [1.807, 2.05) is 5.70 Å². The summed E-state index contributed by atoms with van der Waals surface area (Å²) in [6.45, 7) is 6.70. The first kappa shape index (κ1) is 15.4. The van der Waals surface area contributed by atoms with Crippen LogP contribution in [0.5, 0.6) is 0 Å². The standard InChI is InChI=1S/C13H26O2Si/c1-4-5-6-7-8-9-11-16(2,3)12-10-13(14)15/h10,12H,4-9,11H2,1-3H3,(H,14,15). The number of unbranched alkanes of at least 4 members (excludes halogenated alkanes) is 5. The third kappa shape index (κ3) is 9.96. The van der Waals surface area contributed by atoms with Gasteiger partial charge in [-0.15, -0.1) is 0 Å². The fourth-order valence-corrected chi connectivity index (χ4v) is 3.66. The van der Waals surface area contributed by atoms with E-state index >= 15 is 0 Å². The van der Waals surface area contributed by atoms with Gasteiger partial charge in [0.25, 0.3) is 0 Å². The summed E-state index contributed by atoms with van der Waals surface area (Å²) in [5, 5.41) is 8.58. The first-order valence-electron chi connectivity index (χ1n) is 6.40. The normalized spacial score (nSPS) is 12.2. The Labute approximate surface area is 101 Å². The molecular weight excluding hydrogens is 216 g/mol. The van der Waals surface area contributed by atoms with Crippen LogP contribution in [0.15, 0.2) is 11.8 Å². The molecule has 0 aliphatic heterocycles. The van der Waals surface area contributed by atoms with E-state index in [0.717, 1.165) is 0 Å². The van der Waals surface area contributed by atoms with Crippen molar-refractivity contribution in [3.63, 3.8) is 0 Å². The highest BCUT2D eigenvalue weighted by atomic mass is 28.3. The second kappa shape index (κ2) is 8.56. The maximum Gasteiger partial charge on any atom is 0.327 e. The highest BCUT2D eigenvalue weighted by Crippen LogP contribution is 2.17. The molecular formula is C13H26O2Si. The Morgan fingerprint density at radius 3 is 2.25 bits per heavy atom. The van der Waals surface area contributed by atoms with Crippen molar-refractivity contribution < 1.29 is 9.90 Å². The molecule has 16 heavy (non-hydrogen) atoms. The van der Waals surface area contributed by atoms with Crippen LogP contribution >= 0.6 is 0 Å². The van der Waals surface area contributed by atoms with Gasteiger partial charge < -0.3 is 5.11 Å². The lowest BCUT2D eigenvalue weighted by Gasteiger charge is -2.16. The topological polar surface area (TPSA) is 37.3 Å². The second-order valence-electron chi connectivity index (χ2n) is 5.18. The number of hydrogen-bond donors (Lipinski definition) is 1. The summed E-state index contributed by atoms with van der Waals surface area (Å²) in [6, 6.07) is 1.21. The number of carboxylic acid groups (broad SMARTS) is 1. The van der Waals surface area contributed by atoms with Crippen molar-refractivity contribution in [3.8, 4) is 0 Å². The molecule has 0 fully saturated rings. The third-order valence-electron chi connectivity index (χ3n) is 2.85. The maximum atomic E-state index is 10.4. The SMILES string of the molecule is CCCCCCCC[Si](C)(C)C=CC(=O)O. The fourth-order valence-electron chi connectivity index (χ4n) is 1.74. The molecule has 0 aromatic rings. The Balaban J connectivity index is 3.62. The molecule has 94 valence electrons. The fraction of sp³-hybridized carbons (Fsp3) is 0.769. The summed E-state index contributed by atoms with van der Waals surface area (Å²) >= 11 is 0. The van der Waals surface area contributed by atoms with E-state index < -0.39 is 14.0 Å². The first-order valence-corrected chi connectivity index (χ1v) is 9.68. The van der Waals surface area contributed by atoms with Crippen molar-refractivity contribution in [2.45, 2.75) is 64.6 Å². The highest BCUT2D eigenvalue weighted by molar-refractivity contribution is 6.82. The van der Waals surface area contributed by atoms with Crippen LogP contribution in [-0.4, -0.2) is 19.1 Å². The lowest BCUT2D eigenvalue weighted by molar-refractivity contribution is -0.131. The van der Waals surface area contributed by atoms with Crippen molar-refractivity contribution in [3.05, 3.63) is 11.8 Å². The Morgan fingerprint density at radius 2 is 1.69 bits per heavy atom. The van der Waals surface area contributed by atoms with Gasteiger partial charge in [-0.2, -0.15) is 0 Å². The summed E-state index contributed by atoms with van der Waals surface area (Å²) in [6.07, 6.45) is 9.21. The van der Waals surface area contributed by atoms with Crippen LogP contribution in [0.2, 0.25) is 19.1 Å². The summed E-state index contributed by atoms with van der Waals surface area (Å²) < 4.78 is 0. The Morgan fingerprint density at radius 1 is 1.12 bits per heavy atom. The average molecular weight is 242 g/mol. The molecule has 0 unspecified atom stereocenters. The number of rotatable bonds is 9. The quantitative estimate of drug-likeness (QED) is 0.373. The van der Waals surface area contributed by atoms with Crippen LogP contribution in [0.4, 0.5) is 0 Å². The van der Waals surface area contributed by atoms with Gasteiger partial charge in [-0.25, -0.2) is 4.79 Å². The van der Waals surface area contributed by atoms with E-state index in [2.05, 4.69) is 20.0 Å². The molecule has 0 rings (SSSR count). The molecule has 0 aromatic carbocycles. The van der Waals surface area contributed by atoms with Crippen LogP contribution in [-0.2, 0) is 4.79 Å². The smallest absolute Gasteiger partial charge is 0.327 e. The van der Waals surface area contributed by atoms with E-state index in [9.17, 15) is 4.79 Å². The number of aliphatic carboxylic acids is 1. The molecule has 1 N–H and O–H groups in total. The molecule has 0 saturated heterocycles. The summed E-state index contributed by atoms with van der Waals surface area (Å²) in [5.41, 5.74) is 1.95. The number of carboxylic acids is 1. The van der Waals surface area contributed by atoms with Gasteiger partial charge in [0.15, 0.2) is 0 Å². The molecule has 0 spiro atoms. The maximum absolute atomic E-state index is 10.4. The van der Waals surface area contributed by atoms with E-state index in [4.69, 9.17) is 5.11 Å². The summed E-state index contributed by atoms with van der Waals surface area (Å²) in [5.74, 6) is -0.816. The Kier molecular flexibility index (Phi) is 8.26. The predicted molar refractivity (Wildman–Crippen MR) is 72.4 cm³/mol. The zero-order valence-corrected chi connectivity index (χ0v) is 12.0. The first-order chi connectivity index (χ1) is 7.48. The van der Waals surface area contributed by atoms with E-state index in [1.54, 1.807) is 0 Å². The van der Waals surface area contributed by atoms with Gasteiger partial charge in [0.1, 0.15) is 0 Å². The van der Waals surface area contributed by atoms with Gasteiger partial charge in [-0.1, -0.05) is 70.3 Å². The van der Waals surface area contributed by atoms with Crippen LogP contribution < -0.4 is 0 Å². The Bertz CT molecular complexity index is 222. The minimum atomic E-state index is -1.40. The van der Waals surface area contributed by atoms with Crippen molar-refractivity contribution >= 4 is 14.0 Å². The minimum absolute atomic E-state index is 0.816. The molecule has 3 heteroatoms. The van der Waals surface area contributed by atoms with Crippen LogP contribution in [0, 0.1) is 0 Å². The third-order valence-corrected chi connectivity index (χ3v) is 5.56. The van der Waals surface area contributed by atoms with Gasteiger partial charge >= 0.3 is 5.97 Å². The minimum Gasteiger partial charge on any atom is -0.478 e. The summed E-state index contributed by atoms with van der Waals surface area (Å²) in [7, 11) is -1.40. The lowest BCUT2D eigenvalue weighted by atomic mass is 10.1. The van der Waals surface area contributed by atoms with E-state index in [1.165, 1.54) is 50.6 Å². The van der Waals surface area contributed by atoms with Crippen molar-refractivity contribution in [1.82, 2.24) is 0 Å². The molecule has 0 bridgehead atoms. The summed E-state index contributed by atoms with van der Waals surface area (Å²) in [4.78, 5) is 10.4. The molecule has 0 heterocycles. The highest BCUT2D eigenvalue weighted by Gasteiger charge is 2.16. The second-order valence-corrected chi connectivity index (χ2v) is 9.99. The van der Waals surface area contributed by atoms with Gasteiger partial charge in [0, 0.05) is 6.08 Å². The monoisotopic (exact) mass is 242 g/mol. The molecule has 0 radical (unpaired) electrons. The van der Waals surface area contributed by atoms with Crippen LogP contribution in [0.1, 0.15) is 45.4 Å².